The van der Waals surface area contributed by atoms with Crippen molar-refractivity contribution in [3.8, 4) is 11.6 Å². The van der Waals surface area contributed by atoms with Crippen molar-refractivity contribution in [1.29, 1.82) is 0 Å². The van der Waals surface area contributed by atoms with Gasteiger partial charge in [-0.25, -0.2) is 19.3 Å². The molecular weight excluding hydrogens is 448 g/mol. The van der Waals surface area contributed by atoms with E-state index in [1.165, 1.54) is 28.5 Å². The molecule has 0 spiro atoms. The molecule has 1 unspecified atom stereocenters. The van der Waals surface area contributed by atoms with Crippen LogP contribution in [0.15, 0.2) is 34.2 Å². The standard InChI is InChI=1S/C20H20N8O4S/c1-10-5-7-11(8-6-10)28-16(30)12(15(29)23-19(28)33)9-21-24-18-22-14-13(25(18)2)17(31)27(4)20(32)26(14)3/h5-9,13H,1-4H3,(H2,21,23,29,30,33)/p+1. The van der Waals surface area contributed by atoms with Crippen molar-refractivity contribution in [2.75, 3.05) is 21.1 Å². The van der Waals surface area contributed by atoms with Gasteiger partial charge in [0.1, 0.15) is 5.56 Å². The number of aromatic amines is 1. The topological polar surface area (TPSA) is 140 Å². The number of fused-ring (bicyclic) bond motifs is 1. The first-order chi connectivity index (χ1) is 15.6. The van der Waals surface area contributed by atoms with Gasteiger partial charge in [-0.1, -0.05) is 17.7 Å². The number of guanidine groups is 1. The second kappa shape index (κ2) is 8.04. The number of carbonyl (C=O) groups excluding carboxylic acids is 2. The van der Waals surface area contributed by atoms with Gasteiger partial charge in [0.15, 0.2) is 4.77 Å². The van der Waals surface area contributed by atoms with Crippen LogP contribution in [-0.2, 0) is 4.79 Å². The Balaban J connectivity index is 1.65. The Labute approximate surface area is 192 Å². The number of amidine groups is 1. The predicted octanol–water partition coefficient (Wildman–Crippen LogP) is -0.508. The number of nitrogens with one attached hydrogen (secondary N) is 2. The molecule has 0 radical (unpaired) electrons. The molecule has 3 heterocycles. The highest BCUT2D eigenvalue weighted by Crippen LogP contribution is 2.19. The third-order valence-electron chi connectivity index (χ3n) is 5.44. The van der Waals surface area contributed by atoms with Crippen LogP contribution in [0.25, 0.3) is 5.69 Å². The molecule has 2 aliphatic heterocycles. The summed E-state index contributed by atoms with van der Waals surface area (Å²) in [5.74, 6) is -0.354. The summed E-state index contributed by atoms with van der Waals surface area (Å²) in [4.78, 5) is 43.4. The highest BCUT2D eigenvalue weighted by molar-refractivity contribution is 7.71. The predicted molar refractivity (Wildman–Crippen MR) is 124 cm³/mol. The number of H-pyrrole nitrogens is 1. The average Bonchev–Trinajstić information content (AvgIpc) is 3.10. The number of aromatic hydroxyl groups is 1. The van der Waals surface area contributed by atoms with E-state index in [0.717, 1.165) is 16.7 Å². The largest absolute Gasteiger partial charge is 0.494 e. The van der Waals surface area contributed by atoms with Crippen LogP contribution in [0.3, 0.4) is 0 Å². The second-order valence-corrected chi connectivity index (χ2v) is 7.97. The Kier molecular flexibility index (Phi) is 5.36. The third kappa shape index (κ3) is 3.58. The molecule has 4 rings (SSSR count). The number of benzene rings is 1. The first-order valence-electron chi connectivity index (χ1n) is 9.80. The van der Waals surface area contributed by atoms with E-state index in [9.17, 15) is 19.5 Å². The number of rotatable bonds is 3. The lowest BCUT2D eigenvalue weighted by Crippen LogP contribution is -2.63. The first-order valence-corrected chi connectivity index (χ1v) is 10.2. The van der Waals surface area contributed by atoms with Gasteiger partial charge in [0, 0.05) is 14.1 Å². The smallest absolute Gasteiger partial charge is 0.421 e. The highest BCUT2D eigenvalue weighted by Gasteiger charge is 2.53. The Morgan fingerprint density at radius 1 is 1.15 bits per heavy atom. The molecule has 1 aromatic heterocycles. The fourth-order valence-electron chi connectivity index (χ4n) is 3.53. The van der Waals surface area contributed by atoms with E-state index in [1.54, 1.807) is 19.2 Å². The monoisotopic (exact) mass is 469 g/mol. The molecule has 3 amide bonds. The van der Waals surface area contributed by atoms with Gasteiger partial charge in [-0.3, -0.25) is 24.0 Å². The van der Waals surface area contributed by atoms with E-state index in [1.807, 2.05) is 19.1 Å². The summed E-state index contributed by atoms with van der Waals surface area (Å²) in [7, 11) is 4.54. The van der Waals surface area contributed by atoms with Crippen LogP contribution < -0.4 is 15.7 Å². The Hall–Kier alpha value is -4.22. The zero-order chi connectivity index (χ0) is 24.0. The minimum absolute atomic E-state index is 0.0298. The normalized spacial score (nSPS) is 18.1. The van der Waals surface area contributed by atoms with Crippen LogP contribution in [-0.4, -0.2) is 86.5 Å². The molecule has 33 heavy (non-hydrogen) atoms. The van der Waals surface area contributed by atoms with Gasteiger partial charge < -0.3 is 5.11 Å². The van der Waals surface area contributed by atoms with E-state index < -0.39 is 23.5 Å². The lowest BCUT2D eigenvalue weighted by Gasteiger charge is -2.30. The number of likely N-dealkylation sites (N-methyl/N-ethyl adjacent to an activating group) is 3. The van der Waals surface area contributed by atoms with Crippen LogP contribution >= 0.6 is 12.2 Å². The number of hydrogen-bond acceptors (Lipinski definition) is 8. The molecule has 12 nitrogen and oxygen atoms in total. The maximum Gasteiger partial charge on any atom is 0.421 e. The highest BCUT2D eigenvalue weighted by atomic mass is 32.1. The molecule has 1 fully saturated rings. The summed E-state index contributed by atoms with van der Waals surface area (Å²) < 4.78 is 5.64. The molecule has 0 aliphatic carbocycles. The Morgan fingerprint density at radius 3 is 2.48 bits per heavy atom. The van der Waals surface area contributed by atoms with E-state index in [4.69, 9.17) is 12.2 Å². The number of hydrazone groups is 1. The maximum atomic E-state index is 12.5. The van der Waals surface area contributed by atoms with Crippen LogP contribution in [0.2, 0.25) is 0 Å². The number of carbonyl (C=O) groups is 2. The number of nitrogens with zero attached hydrogens (tertiary/aromatic N) is 6. The fraction of sp³-hybridized carbons (Fsp3) is 0.250. The Bertz CT molecular complexity index is 1380. The van der Waals surface area contributed by atoms with Crippen LogP contribution in [0, 0.1) is 11.7 Å². The van der Waals surface area contributed by atoms with Gasteiger partial charge in [0.2, 0.25) is 11.9 Å². The van der Waals surface area contributed by atoms with Gasteiger partial charge in [0.25, 0.3) is 11.5 Å². The Morgan fingerprint density at radius 2 is 1.82 bits per heavy atom. The van der Waals surface area contributed by atoms with Crippen LogP contribution in [0.4, 0.5) is 4.79 Å². The van der Waals surface area contributed by atoms with Gasteiger partial charge >= 0.3 is 17.8 Å². The summed E-state index contributed by atoms with van der Waals surface area (Å²) >= 11 is 5.21. The number of imide groups is 1. The van der Waals surface area contributed by atoms with E-state index in [0.29, 0.717) is 5.69 Å². The van der Waals surface area contributed by atoms with E-state index >= 15 is 0 Å². The maximum absolute atomic E-state index is 12.5. The summed E-state index contributed by atoms with van der Waals surface area (Å²) in [6.07, 6.45) is 1.12. The minimum Gasteiger partial charge on any atom is -0.494 e. The molecule has 2 aliphatic rings. The van der Waals surface area contributed by atoms with E-state index in [-0.39, 0.29) is 28.0 Å². The van der Waals surface area contributed by atoms with Crippen molar-refractivity contribution in [2.45, 2.75) is 13.0 Å². The van der Waals surface area contributed by atoms with Gasteiger partial charge in [-0.15, -0.1) is 5.10 Å². The summed E-state index contributed by atoms with van der Waals surface area (Å²) in [6, 6.07) is 5.94. The van der Waals surface area contributed by atoms with Crippen LogP contribution in [0.1, 0.15) is 11.1 Å². The van der Waals surface area contributed by atoms with Gasteiger partial charge in [-0.2, -0.15) is 5.43 Å². The van der Waals surface area contributed by atoms with Crippen molar-refractivity contribution in [3.05, 3.63) is 50.5 Å². The molecule has 1 atom stereocenters. The first kappa shape index (κ1) is 22.0. The van der Waals surface area contributed by atoms with Crippen molar-refractivity contribution < 1.29 is 14.7 Å². The second-order valence-electron chi connectivity index (χ2n) is 7.58. The number of hydrogen-bond donors (Lipinski definition) is 3. The fourth-order valence-corrected chi connectivity index (χ4v) is 3.81. The molecule has 13 heteroatoms. The SMILES string of the molecule is Cc1ccc(-n2c(O)c(/C=N/NC3=[N+]=C4C(C(=O)N(C)C(=O)N4C)N3C)c(=O)[nH]c2=S)cc1. The summed E-state index contributed by atoms with van der Waals surface area (Å²) in [5, 5.41) is 14.7. The molecular formula is C20H21N8O4S+. The van der Waals surface area contributed by atoms with Crippen LogP contribution in [0.5, 0.6) is 5.88 Å². The number of urea groups is 1. The van der Waals surface area contributed by atoms with Crippen molar-refractivity contribution in [1.82, 2.24) is 34.3 Å². The van der Waals surface area contributed by atoms with Crippen molar-refractivity contribution >= 4 is 42.2 Å². The lowest BCUT2D eigenvalue weighted by atomic mass is 10.1. The quantitative estimate of drug-likeness (QED) is 0.238. The lowest BCUT2D eigenvalue weighted by molar-refractivity contribution is -0.130. The molecule has 3 N–H and O–H groups in total. The number of aryl methyl sites for hydroxylation is 1. The summed E-state index contributed by atoms with van der Waals surface area (Å²) in [5.41, 5.74) is 3.49. The molecule has 0 saturated carbocycles. The van der Waals surface area contributed by atoms with Crippen molar-refractivity contribution in [2.24, 2.45) is 5.10 Å². The summed E-state index contributed by atoms with van der Waals surface area (Å²) in [6.45, 7) is 1.93. The van der Waals surface area contributed by atoms with Crippen molar-refractivity contribution in [3.63, 3.8) is 0 Å². The zero-order valence-electron chi connectivity index (χ0n) is 18.2. The van der Waals surface area contributed by atoms with Gasteiger partial charge in [0.05, 0.1) is 18.9 Å². The van der Waals surface area contributed by atoms with E-state index in [2.05, 4.69) is 20.2 Å². The molecule has 1 saturated heterocycles. The molecule has 1 aromatic carbocycles. The molecule has 0 bridgehead atoms. The number of amides is 3. The zero-order valence-corrected chi connectivity index (χ0v) is 19.0. The molecule has 2 aromatic rings. The third-order valence-corrected chi connectivity index (χ3v) is 5.72. The minimum atomic E-state index is -0.782. The molecule has 170 valence electrons. The van der Waals surface area contributed by atoms with Gasteiger partial charge in [-0.05, 0) is 31.3 Å². The number of aromatic nitrogens is 2. The average molecular weight is 470 g/mol.